The Labute approximate surface area is 190 Å². The SMILES string of the molecule is CC(C)COC(=O)c1ccc(NC(=O)COC(=O)c2cccc(N3C(=O)CCC3=O)c2)cc1. The van der Waals surface area contributed by atoms with Crippen molar-refractivity contribution >= 4 is 41.0 Å². The molecule has 0 spiro atoms. The Morgan fingerprint density at radius 1 is 0.909 bits per heavy atom. The number of anilines is 2. The fourth-order valence-corrected chi connectivity index (χ4v) is 3.06. The van der Waals surface area contributed by atoms with Crippen molar-refractivity contribution in [3.63, 3.8) is 0 Å². The maximum atomic E-state index is 12.3. The minimum atomic E-state index is -0.769. The molecule has 0 unspecified atom stereocenters. The smallest absolute Gasteiger partial charge is 0.338 e. The molecule has 1 aliphatic heterocycles. The summed E-state index contributed by atoms with van der Waals surface area (Å²) in [5.74, 6) is -2.22. The van der Waals surface area contributed by atoms with Crippen molar-refractivity contribution in [3.05, 3.63) is 59.7 Å². The van der Waals surface area contributed by atoms with Crippen molar-refractivity contribution < 1.29 is 33.4 Å². The van der Waals surface area contributed by atoms with Crippen LogP contribution in [-0.4, -0.2) is 42.9 Å². The fraction of sp³-hybridized carbons (Fsp3) is 0.292. The number of imide groups is 1. The molecule has 3 rings (SSSR count). The molecule has 1 saturated heterocycles. The number of carbonyl (C=O) groups is 5. The van der Waals surface area contributed by atoms with Crippen molar-refractivity contribution in [2.24, 2.45) is 5.92 Å². The van der Waals surface area contributed by atoms with Gasteiger partial charge >= 0.3 is 11.9 Å². The average Bonchev–Trinajstić information content (AvgIpc) is 3.14. The Morgan fingerprint density at radius 3 is 2.18 bits per heavy atom. The van der Waals surface area contributed by atoms with Crippen LogP contribution in [0.5, 0.6) is 0 Å². The van der Waals surface area contributed by atoms with Crippen LogP contribution < -0.4 is 10.2 Å². The summed E-state index contributed by atoms with van der Waals surface area (Å²) >= 11 is 0. The number of carbonyl (C=O) groups excluding carboxylic acids is 5. The van der Waals surface area contributed by atoms with E-state index in [1.54, 1.807) is 18.2 Å². The lowest BCUT2D eigenvalue weighted by atomic mass is 10.2. The van der Waals surface area contributed by atoms with Gasteiger partial charge in [-0.3, -0.25) is 19.3 Å². The summed E-state index contributed by atoms with van der Waals surface area (Å²) in [5, 5.41) is 2.57. The molecular formula is C24H24N2O7. The minimum absolute atomic E-state index is 0.108. The third kappa shape index (κ3) is 6.25. The van der Waals surface area contributed by atoms with Crippen molar-refractivity contribution in [1.29, 1.82) is 0 Å². The number of amides is 3. The van der Waals surface area contributed by atoms with Gasteiger partial charge in [0, 0.05) is 18.5 Å². The largest absolute Gasteiger partial charge is 0.462 e. The first-order valence-corrected chi connectivity index (χ1v) is 10.4. The quantitative estimate of drug-likeness (QED) is 0.483. The van der Waals surface area contributed by atoms with Crippen molar-refractivity contribution in [2.75, 3.05) is 23.4 Å². The van der Waals surface area contributed by atoms with E-state index in [1.807, 2.05) is 13.8 Å². The van der Waals surface area contributed by atoms with Crippen molar-refractivity contribution in [1.82, 2.24) is 0 Å². The molecule has 0 aromatic heterocycles. The zero-order valence-electron chi connectivity index (χ0n) is 18.3. The monoisotopic (exact) mass is 452 g/mol. The lowest BCUT2D eigenvalue weighted by Crippen LogP contribution is -2.28. The molecule has 2 aromatic carbocycles. The second kappa shape index (κ2) is 10.5. The molecule has 2 aromatic rings. The summed E-state index contributed by atoms with van der Waals surface area (Å²) in [6, 6.07) is 12.0. The van der Waals surface area contributed by atoms with Crippen LogP contribution in [0.4, 0.5) is 11.4 Å². The predicted octanol–water partition coefficient (Wildman–Crippen LogP) is 2.95. The van der Waals surface area contributed by atoms with Crippen LogP contribution in [0.2, 0.25) is 0 Å². The second-order valence-electron chi connectivity index (χ2n) is 7.87. The first kappa shape index (κ1) is 23.6. The highest BCUT2D eigenvalue weighted by atomic mass is 16.5. The van der Waals surface area contributed by atoms with Crippen LogP contribution >= 0.6 is 0 Å². The van der Waals surface area contributed by atoms with Gasteiger partial charge in [-0.1, -0.05) is 19.9 Å². The number of ether oxygens (including phenoxy) is 2. The topological polar surface area (TPSA) is 119 Å². The molecule has 1 heterocycles. The van der Waals surface area contributed by atoms with Gasteiger partial charge in [-0.2, -0.15) is 0 Å². The zero-order valence-corrected chi connectivity index (χ0v) is 18.3. The van der Waals surface area contributed by atoms with Crippen LogP contribution in [0, 0.1) is 5.92 Å². The highest BCUT2D eigenvalue weighted by Crippen LogP contribution is 2.23. The van der Waals surface area contributed by atoms with E-state index in [2.05, 4.69) is 5.32 Å². The van der Waals surface area contributed by atoms with Crippen LogP contribution in [0.3, 0.4) is 0 Å². The van der Waals surface area contributed by atoms with Gasteiger partial charge in [0.05, 0.1) is 23.4 Å². The number of rotatable bonds is 8. The van der Waals surface area contributed by atoms with E-state index in [9.17, 15) is 24.0 Å². The van der Waals surface area contributed by atoms with Gasteiger partial charge in [0.25, 0.3) is 5.91 Å². The first-order valence-electron chi connectivity index (χ1n) is 10.4. The summed E-state index contributed by atoms with van der Waals surface area (Å²) in [7, 11) is 0. The summed E-state index contributed by atoms with van der Waals surface area (Å²) in [6.07, 6.45) is 0.265. The Bertz CT molecular complexity index is 1060. The maximum absolute atomic E-state index is 12.3. The highest BCUT2D eigenvalue weighted by Gasteiger charge is 2.30. The normalized spacial score (nSPS) is 13.2. The molecule has 0 atom stereocenters. The van der Waals surface area contributed by atoms with Gasteiger partial charge in [0.2, 0.25) is 11.8 Å². The van der Waals surface area contributed by atoms with E-state index in [0.717, 1.165) is 4.90 Å². The molecule has 0 radical (unpaired) electrons. The molecule has 9 nitrogen and oxygen atoms in total. The molecule has 0 bridgehead atoms. The standard InChI is InChI=1S/C24H24N2O7/c1-15(2)13-32-23(30)16-6-8-18(9-7-16)25-20(27)14-33-24(31)17-4-3-5-19(12-17)26-21(28)10-11-22(26)29/h3-9,12,15H,10-11,13-14H2,1-2H3,(H,25,27). The third-order valence-corrected chi connectivity index (χ3v) is 4.68. The summed E-state index contributed by atoms with van der Waals surface area (Å²) in [6.45, 7) is 3.65. The van der Waals surface area contributed by atoms with Crippen molar-refractivity contribution in [3.8, 4) is 0 Å². The Balaban J connectivity index is 1.52. The molecule has 0 aliphatic carbocycles. The van der Waals surface area contributed by atoms with Gasteiger partial charge in [-0.25, -0.2) is 9.59 Å². The van der Waals surface area contributed by atoms with Gasteiger partial charge in [-0.15, -0.1) is 0 Å². The number of hydrogen-bond donors (Lipinski definition) is 1. The van der Waals surface area contributed by atoms with Gasteiger partial charge in [-0.05, 0) is 48.4 Å². The fourth-order valence-electron chi connectivity index (χ4n) is 3.06. The Morgan fingerprint density at radius 2 is 1.55 bits per heavy atom. The van der Waals surface area contributed by atoms with E-state index < -0.39 is 24.5 Å². The van der Waals surface area contributed by atoms with Gasteiger partial charge < -0.3 is 14.8 Å². The summed E-state index contributed by atoms with van der Waals surface area (Å²) in [4.78, 5) is 61.2. The number of nitrogens with one attached hydrogen (secondary N) is 1. The Hall–Kier alpha value is -4.01. The van der Waals surface area contributed by atoms with Crippen LogP contribution in [-0.2, 0) is 23.9 Å². The van der Waals surface area contributed by atoms with E-state index in [-0.39, 0.29) is 41.8 Å². The number of benzene rings is 2. The molecule has 9 heteroatoms. The molecule has 33 heavy (non-hydrogen) atoms. The molecular weight excluding hydrogens is 428 g/mol. The minimum Gasteiger partial charge on any atom is -0.462 e. The predicted molar refractivity (Wildman–Crippen MR) is 119 cm³/mol. The van der Waals surface area contributed by atoms with Gasteiger partial charge in [0.15, 0.2) is 6.61 Å². The highest BCUT2D eigenvalue weighted by molar-refractivity contribution is 6.20. The molecule has 1 N–H and O–H groups in total. The molecule has 172 valence electrons. The molecule has 1 fully saturated rings. The van der Waals surface area contributed by atoms with E-state index in [0.29, 0.717) is 17.9 Å². The third-order valence-electron chi connectivity index (χ3n) is 4.68. The van der Waals surface area contributed by atoms with Crippen LogP contribution in [0.15, 0.2) is 48.5 Å². The number of hydrogen-bond acceptors (Lipinski definition) is 7. The first-order chi connectivity index (χ1) is 15.7. The van der Waals surface area contributed by atoms with E-state index >= 15 is 0 Å². The van der Waals surface area contributed by atoms with E-state index in [4.69, 9.17) is 9.47 Å². The average molecular weight is 452 g/mol. The van der Waals surface area contributed by atoms with E-state index in [1.165, 1.54) is 30.3 Å². The summed E-state index contributed by atoms with van der Waals surface area (Å²) < 4.78 is 10.2. The number of nitrogens with zero attached hydrogens (tertiary/aromatic N) is 1. The molecule has 0 saturated carbocycles. The van der Waals surface area contributed by atoms with Crippen LogP contribution in [0.25, 0.3) is 0 Å². The summed E-state index contributed by atoms with van der Waals surface area (Å²) in [5.41, 5.74) is 1.17. The molecule has 1 aliphatic rings. The lowest BCUT2D eigenvalue weighted by molar-refractivity contribution is -0.121. The van der Waals surface area contributed by atoms with Crippen LogP contribution in [0.1, 0.15) is 47.4 Å². The zero-order chi connectivity index (χ0) is 24.0. The second-order valence-corrected chi connectivity index (χ2v) is 7.87. The number of esters is 2. The maximum Gasteiger partial charge on any atom is 0.338 e. The van der Waals surface area contributed by atoms with Crippen molar-refractivity contribution in [2.45, 2.75) is 26.7 Å². The lowest BCUT2D eigenvalue weighted by Gasteiger charge is -2.14. The molecule has 3 amide bonds. The Kier molecular flexibility index (Phi) is 7.55. The van der Waals surface area contributed by atoms with Gasteiger partial charge in [0.1, 0.15) is 0 Å².